The number of hydrogen-bond donors (Lipinski definition) is 2. The quantitative estimate of drug-likeness (QED) is 0.371. The zero-order valence-electron chi connectivity index (χ0n) is 11.8. The lowest BCUT2D eigenvalue weighted by Crippen LogP contribution is -2.33. The molecule has 1 aliphatic heterocycles. The van der Waals surface area contributed by atoms with Crippen LogP contribution in [-0.4, -0.2) is 24.1 Å². The fraction of sp³-hybridized carbons (Fsp3) is 0.533. The normalized spacial score (nSPS) is 15.7. The summed E-state index contributed by atoms with van der Waals surface area (Å²) in [6.07, 6.45) is 3.10. The second-order valence-corrected chi connectivity index (χ2v) is 5.84. The predicted molar refractivity (Wildman–Crippen MR) is 78.8 cm³/mol. The number of para-hydroxylation sites is 1. The number of hydrogen-bond acceptors (Lipinski definition) is 3. The molecule has 0 atom stereocenters. The molecule has 1 aliphatic rings. The van der Waals surface area contributed by atoms with Crippen molar-refractivity contribution in [2.24, 2.45) is 16.3 Å². The van der Waals surface area contributed by atoms with Gasteiger partial charge in [-0.1, -0.05) is 37.2 Å². The summed E-state index contributed by atoms with van der Waals surface area (Å²) in [7, 11) is 0. The maximum absolute atomic E-state index is 8.76. The number of fused-ring (bicyclic) bond motifs is 1. The van der Waals surface area contributed by atoms with Crippen molar-refractivity contribution in [2.75, 3.05) is 18.0 Å². The van der Waals surface area contributed by atoms with Gasteiger partial charge in [0.25, 0.3) is 0 Å². The fourth-order valence-electron chi connectivity index (χ4n) is 2.61. The van der Waals surface area contributed by atoms with Crippen molar-refractivity contribution in [1.82, 2.24) is 0 Å². The van der Waals surface area contributed by atoms with Gasteiger partial charge >= 0.3 is 0 Å². The summed E-state index contributed by atoms with van der Waals surface area (Å²) in [5.41, 5.74) is 8.27. The van der Waals surface area contributed by atoms with Gasteiger partial charge in [0.15, 0.2) is 0 Å². The van der Waals surface area contributed by atoms with Crippen LogP contribution in [0.25, 0.3) is 0 Å². The monoisotopic (exact) mass is 261 g/mol. The van der Waals surface area contributed by atoms with Crippen LogP contribution in [0.3, 0.4) is 0 Å². The Balaban J connectivity index is 1.88. The maximum atomic E-state index is 8.76. The van der Waals surface area contributed by atoms with E-state index in [1.807, 2.05) is 13.8 Å². The molecule has 0 fully saturated rings. The van der Waals surface area contributed by atoms with Crippen LogP contribution in [0.15, 0.2) is 29.4 Å². The maximum Gasteiger partial charge on any atom is 0.144 e. The topological polar surface area (TPSA) is 61.8 Å². The van der Waals surface area contributed by atoms with E-state index in [1.165, 1.54) is 11.3 Å². The Hall–Kier alpha value is -1.71. The average molecular weight is 261 g/mol. The summed E-state index contributed by atoms with van der Waals surface area (Å²) in [5.74, 6) is 0.314. The molecule has 0 spiro atoms. The predicted octanol–water partition coefficient (Wildman–Crippen LogP) is 2.60. The highest BCUT2D eigenvalue weighted by molar-refractivity contribution is 5.85. The van der Waals surface area contributed by atoms with Crippen molar-refractivity contribution in [2.45, 2.75) is 33.1 Å². The zero-order valence-corrected chi connectivity index (χ0v) is 11.8. The van der Waals surface area contributed by atoms with Gasteiger partial charge in [-0.05, 0) is 30.9 Å². The summed E-state index contributed by atoms with van der Waals surface area (Å²) < 4.78 is 0. The van der Waals surface area contributed by atoms with E-state index in [4.69, 9.17) is 10.9 Å². The molecule has 1 aromatic carbocycles. The van der Waals surface area contributed by atoms with E-state index >= 15 is 0 Å². The minimum absolute atomic E-state index is 0.242. The molecule has 2 rings (SSSR count). The molecular weight excluding hydrogens is 238 g/mol. The van der Waals surface area contributed by atoms with Crippen LogP contribution in [0.5, 0.6) is 0 Å². The van der Waals surface area contributed by atoms with Gasteiger partial charge in [0.05, 0.1) is 0 Å². The molecule has 0 bridgehead atoms. The first-order chi connectivity index (χ1) is 9.04. The Labute approximate surface area is 114 Å². The van der Waals surface area contributed by atoms with E-state index in [-0.39, 0.29) is 5.41 Å². The van der Waals surface area contributed by atoms with Gasteiger partial charge in [-0.3, -0.25) is 0 Å². The van der Waals surface area contributed by atoms with Crippen LogP contribution in [-0.2, 0) is 6.42 Å². The van der Waals surface area contributed by atoms with Crippen molar-refractivity contribution in [3.05, 3.63) is 29.8 Å². The van der Waals surface area contributed by atoms with Gasteiger partial charge in [0.2, 0.25) is 0 Å². The first kappa shape index (κ1) is 13.7. The minimum Gasteiger partial charge on any atom is -0.409 e. The highest BCUT2D eigenvalue weighted by atomic mass is 16.4. The number of nitrogens with zero attached hydrogens (tertiary/aromatic N) is 2. The fourth-order valence-corrected chi connectivity index (χ4v) is 2.61. The first-order valence-corrected chi connectivity index (χ1v) is 6.85. The third kappa shape index (κ3) is 3.00. The Morgan fingerprint density at radius 2 is 2.16 bits per heavy atom. The van der Waals surface area contributed by atoms with Gasteiger partial charge in [-0.2, -0.15) is 0 Å². The van der Waals surface area contributed by atoms with Crippen molar-refractivity contribution < 1.29 is 5.21 Å². The molecule has 4 nitrogen and oxygen atoms in total. The van der Waals surface area contributed by atoms with Crippen molar-refractivity contribution in [3.63, 3.8) is 0 Å². The average Bonchev–Trinajstić information content (AvgIpc) is 2.81. The number of nitrogens with two attached hydrogens (primary N) is 1. The molecule has 0 saturated carbocycles. The SMILES string of the molecule is CC(C)(CCCN1CCc2ccccc21)C(N)=NO. The standard InChI is InChI=1S/C15H23N3O/c1-15(2,14(16)17-19)9-5-10-18-11-8-12-6-3-4-7-13(12)18/h3-4,6-7,19H,5,8-11H2,1-2H3,(H2,16,17). The van der Waals surface area contributed by atoms with Crippen LogP contribution in [0.1, 0.15) is 32.3 Å². The summed E-state index contributed by atoms with van der Waals surface area (Å²) >= 11 is 0. The molecule has 0 unspecified atom stereocenters. The Morgan fingerprint density at radius 3 is 2.89 bits per heavy atom. The van der Waals surface area contributed by atoms with E-state index in [1.54, 1.807) is 0 Å². The van der Waals surface area contributed by atoms with Crippen LogP contribution in [0.2, 0.25) is 0 Å². The smallest absolute Gasteiger partial charge is 0.144 e. The summed E-state index contributed by atoms with van der Waals surface area (Å²) in [4.78, 5) is 2.43. The molecule has 0 aliphatic carbocycles. The molecule has 0 radical (unpaired) electrons. The summed E-state index contributed by atoms with van der Waals surface area (Å²) in [5, 5.41) is 11.9. The lowest BCUT2D eigenvalue weighted by molar-refractivity contribution is 0.305. The molecule has 19 heavy (non-hydrogen) atoms. The lowest BCUT2D eigenvalue weighted by Gasteiger charge is -2.25. The number of anilines is 1. The van der Waals surface area contributed by atoms with Gasteiger partial charge in [-0.15, -0.1) is 0 Å². The van der Waals surface area contributed by atoms with Crippen molar-refractivity contribution >= 4 is 11.5 Å². The van der Waals surface area contributed by atoms with Gasteiger partial charge in [0.1, 0.15) is 5.84 Å². The number of rotatable bonds is 5. The van der Waals surface area contributed by atoms with E-state index < -0.39 is 0 Å². The van der Waals surface area contributed by atoms with Crippen LogP contribution < -0.4 is 10.6 Å². The lowest BCUT2D eigenvalue weighted by atomic mass is 9.86. The molecule has 3 N–H and O–H groups in total. The minimum atomic E-state index is -0.242. The van der Waals surface area contributed by atoms with E-state index in [2.05, 4.69) is 34.3 Å². The second-order valence-electron chi connectivity index (χ2n) is 5.84. The number of benzene rings is 1. The molecule has 4 heteroatoms. The first-order valence-electron chi connectivity index (χ1n) is 6.85. The third-order valence-electron chi connectivity index (χ3n) is 4.01. The van der Waals surface area contributed by atoms with Gasteiger partial charge < -0.3 is 15.8 Å². The highest BCUT2D eigenvalue weighted by Gasteiger charge is 2.24. The van der Waals surface area contributed by atoms with Crippen LogP contribution >= 0.6 is 0 Å². The summed E-state index contributed by atoms with van der Waals surface area (Å²) in [6, 6.07) is 8.59. The van der Waals surface area contributed by atoms with E-state index in [9.17, 15) is 0 Å². The molecule has 0 aromatic heterocycles. The van der Waals surface area contributed by atoms with Crippen LogP contribution in [0, 0.1) is 5.41 Å². The third-order valence-corrected chi connectivity index (χ3v) is 4.01. The Kier molecular flexibility index (Phi) is 3.98. The largest absolute Gasteiger partial charge is 0.409 e. The van der Waals surface area contributed by atoms with Gasteiger partial charge in [0, 0.05) is 24.2 Å². The Bertz CT molecular complexity index is 468. The summed E-state index contributed by atoms with van der Waals surface area (Å²) in [6.45, 7) is 6.16. The second kappa shape index (κ2) is 5.51. The molecular formula is C15H23N3O. The molecule has 1 heterocycles. The van der Waals surface area contributed by atoms with Crippen molar-refractivity contribution in [3.8, 4) is 0 Å². The molecule has 1 aromatic rings. The Morgan fingerprint density at radius 1 is 1.42 bits per heavy atom. The van der Waals surface area contributed by atoms with Crippen LogP contribution in [0.4, 0.5) is 5.69 Å². The molecule has 0 saturated heterocycles. The van der Waals surface area contributed by atoms with Crippen molar-refractivity contribution in [1.29, 1.82) is 0 Å². The molecule has 0 amide bonds. The number of amidine groups is 1. The number of oxime groups is 1. The highest BCUT2D eigenvalue weighted by Crippen LogP contribution is 2.29. The van der Waals surface area contributed by atoms with Gasteiger partial charge in [-0.25, -0.2) is 0 Å². The van der Waals surface area contributed by atoms with E-state index in [0.29, 0.717) is 5.84 Å². The molecule has 104 valence electrons. The van der Waals surface area contributed by atoms with E-state index in [0.717, 1.165) is 32.4 Å². The zero-order chi connectivity index (χ0) is 13.9.